The SMILES string of the molecule is Cc1cc2cc(OCC3=CN([C@@H]4COC[C@H]4O)C(C)S3)ccc2o1. The predicted molar refractivity (Wildman–Crippen MR) is 94.0 cm³/mol. The molecule has 0 bridgehead atoms. The first-order valence-corrected chi connectivity index (χ1v) is 9.02. The lowest BCUT2D eigenvalue weighted by atomic mass is 10.2. The molecule has 1 aromatic carbocycles. The van der Waals surface area contributed by atoms with Gasteiger partial charge < -0.3 is 23.9 Å². The van der Waals surface area contributed by atoms with Crippen molar-refractivity contribution in [2.75, 3.05) is 19.8 Å². The lowest BCUT2D eigenvalue weighted by molar-refractivity contribution is 0.102. The molecule has 0 spiro atoms. The van der Waals surface area contributed by atoms with Crippen LogP contribution < -0.4 is 4.74 Å². The van der Waals surface area contributed by atoms with E-state index in [1.165, 1.54) is 0 Å². The summed E-state index contributed by atoms with van der Waals surface area (Å²) in [5, 5.41) is 11.4. The molecule has 4 rings (SSSR count). The van der Waals surface area contributed by atoms with Crippen LogP contribution in [0.25, 0.3) is 11.0 Å². The maximum absolute atomic E-state index is 10.0. The van der Waals surface area contributed by atoms with Crippen molar-refractivity contribution >= 4 is 22.7 Å². The number of ether oxygens (including phenoxy) is 2. The summed E-state index contributed by atoms with van der Waals surface area (Å²) in [6.45, 7) is 5.60. The van der Waals surface area contributed by atoms with Crippen LogP contribution in [0, 0.1) is 6.92 Å². The lowest BCUT2D eigenvalue weighted by Crippen LogP contribution is -2.41. The number of aliphatic hydroxyl groups excluding tert-OH is 1. The van der Waals surface area contributed by atoms with Gasteiger partial charge >= 0.3 is 0 Å². The Labute approximate surface area is 145 Å². The molecule has 24 heavy (non-hydrogen) atoms. The fraction of sp³-hybridized carbons (Fsp3) is 0.444. The van der Waals surface area contributed by atoms with E-state index in [0.717, 1.165) is 27.4 Å². The second-order valence-corrected chi connectivity index (χ2v) is 7.72. The zero-order valence-electron chi connectivity index (χ0n) is 13.8. The van der Waals surface area contributed by atoms with Crippen LogP contribution in [0.3, 0.4) is 0 Å². The number of aliphatic hydroxyl groups is 1. The number of aryl methyl sites for hydroxylation is 1. The molecule has 0 radical (unpaired) electrons. The van der Waals surface area contributed by atoms with Gasteiger partial charge in [0.25, 0.3) is 0 Å². The summed E-state index contributed by atoms with van der Waals surface area (Å²) >= 11 is 1.77. The van der Waals surface area contributed by atoms with Crippen molar-refractivity contribution in [3.8, 4) is 5.75 Å². The zero-order chi connectivity index (χ0) is 16.7. The summed E-state index contributed by atoms with van der Waals surface area (Å²) < 4.78 is 16.9. The Morgan fingerprint density at radius 1 is 1.33 bits per heavy atom. The van der Waals surface area contributed by atoms with Gasteiger partial charge in [0.2, 0.25) is 0 Å². The Balaban J connectivity index is 1.43. The van der Waals surface area contributed by atoms with Gasteiger partial charge in [0.1, 0.15) is 23.7 Å². The molecule has 0 amide bonds. The molecule has 6 heteroatoms. The monoisotopic (exact) mass is 347 g/mol. The van der Waals surface area contributed by atoms with Gasteiger partial charge in [-0.15, -0.1) is 11.8 Å². The van der Waals surface area contributed by atoms with Gasteiger partial charge in [0.05, 0.1) is 30.7 Å². The van der Waals surface area contributed by atoms with Gasteiger partial charge in [-0.1, -0.05) is 0 Å². The molecule has 128 valence electrons. The van der Waals surface area contributed by atoms with Crippen molar-refractivity contribution in [1.82, 2.24) is 4.90 Å². The van der Waals surface area contributed by atoms with Crippen molar-refractivity contribution in [3.05, 3.63) is 41.1 Å². The summed E-state index contributed by atoms with van der Waals surface area (Å²) in [5.41, 5.74) is 0.879. The first kappa shape index (κ1) is 15.9. The minimum Gasteiger partial charge on any atom is -0.488 e. The Hall–Kier alpha value is -1.63. The van der Waals surface area contributed by atoms with Gasteiger partial charge in [-0.3, -0.25) is 0 Å². The van der Waals surface area contributed by atoms with Crippen molar-refractivity contribution in [2.24, 2.45) is 0 Å². The van der Waals surface area contributed by atoms with E-state index in [0.29, 0.717) is 19.8 Å². The fourth-order valence-corrected chi connectivity index (χ4v) is 4.32. The van der Waals surface area contributed by atoms with Crippen molar-refractivity contribution in [2.45, 2.75) is 31.4 Å². The Kier molecular flexibility index (Phi) is 4.20. The molecule has 1 N–H and O–H groups in total. The van der Waals surface area contributed by atoms with E-state index in [-0.39, 0.29) is 11.4 Å². The lowest BCUT2D eigenvalue weighted by Gasteiger charge is -2.29. The Morgan fingerprint density at radius 2 is 2.21 bits per heavy atom. The molecule has 2 aromatic rings. The maximum atomic E-state index is 10.0. The second kappa shape index (κ2) is 6.35. The largest absolute Gasteiger partial charge is 0.488 e. The number of furan rings is 1. The van der Waals surface area contributed by atoms with E-state index in [2.05, 4.69) is 18.0 Å². The number of nitrogens with zero attached hydrogens (tertiary/aromatic N) is 1. The molecule has 3 atom stereocenters. The van der Waals surface area contributed by atoms with Crippen LogP contribution in [-0.4, -0.2) is 47.3 Å². The third-order valence-corrected chi connectivity index (χ3v) is 5.54. The number of fused-ring (bicyclic) bond motifs is 1. The van der Waals surface area contributed by atoms with Crippen LogP contribution in [-0.2, 0) is 4.74 Å². The molecular weight excluding hydrogens is 326 g/mol. The van der Waals surface area contributed by atoms with Crippen LogP contribution in [0.2, 0.25) is 0 Å². The van der Waals surface area contributed by atoms with Gasteiger partial charge in [-0.2, -0.15) is 0 Å². The van der Waals surface area contributed by atoms with E-state index in [4.69, 9.17) is 13.9 Å². The van der Waals surface area contributed by atoms with Gasteiger partial charge in [-0.25, -0.2) is 0 Å². The van der Waals surface area contributed by atoms with Crippen molar-refractivity contribution in [3.63, 3.8) is 0 Å². The van der Waals surface area contributed by atoms with Gasteiger partial charge in [0, 0.05) is 16.5 Å². The minimum atomic E-state index is -0.420. The average molecular weight is 347 g/mol. The van der Waals surface area contributed by atoms with E-state index < -0.39 is 6.10 Å². The van der Waals surface area contributed by atoms with Gasteiger partial charge in [0.15, 0.2) is 0 Å². The van der Waals surface area contributed by atoms with E-state index in [9.17, 15) is 5.11 Å². The Bertz CT molecular complexity index is 771. The van der Waals surface area contributed by atoms with Crippen LogP contribution >= 0.6 is 11.8 Å². The first-order valence-electron chi connectivity index (χ1n) is 8.14. The van der Waals surface area contributed by atoms with Crippen LogP contribution in [0.4, 0.5) is 0 Å². The standard InChI is InChI=1S/C18H21NO4S/c1-11-5-13-6-14(3-4-18(13)23-11)22-8-15-7-19(12(2)24-15)16-9-21-10-17(16)20/h3-7,12,16-17,20H,8-10H2,1-2H3/t12?,16-,17-/m1/s1. The zero-order valence-corrected chi connectivity index (χ0v) is 14.6. The van der Waals surface area contributed by atoms with Crippen LogP contribution in [0.5, 0.6) is 5.75 Å². The van der Waals surface area contributed by atoms with E-state index in [1.807, 2.05) is 31.2 Å². The number of rotatable bonds is 4. The number of hydrogen-bond donors (Lipinski definition) is 1. The normalized spacial score (nSPS) is 27.0. The molecule has 1 aromatic heterocycles. The van der Waals surface area contributed by atoms with E-state index >= 15 is 0 Å². The van der Waals surface area contributed by atoms with Crippen molar-refractivity contribution < 1.29 is 19.0 Å². The molecule has 3 heterocycles. The quantitative estimate of drug-likeness (QED) is 0.917. The Morgan fingerprint density at radius 3 is 3.00 bits per heavy atom. The minimum absolute atomic E-state index is 0.0373. The molecule has 2 aliphatic rings. The smallest absolute Gasteiger partial charge is 0.134 e. The summed E-state index contributed by atoms with van der Waals surface area (Å²) in [7, 11) is 0. The highest BCUT2D eigenvalue weighted by atomic mass is 32.2. The summed E-state index contributed by atoms with van der Waals surface area (Å²) in [6.07, 6.45) is 1.68. The molecule has 1 saturated heterocycles. The third kappa shape index (κ3) is 3.01. The highest BCUT2D eigenvalue weighted by Gasteiger charge is 2.36. The molecule has 1 fully saturated rings. The summed E-state index contributed by atoms with van der Waals surface area (Å²) in [5.74, 6) is 1.73. The number of thioether (sulfide) groups is 1. The topological polar surface area (TPSA) is 55.1 Å². The summed E-state index contributed by atoms with van der Waals surface area (Å²) in [6, 6.07) is 7.92. The number of benzene rings is 1. The van der Waals surface area contributed by atoms with Crippen LogP contribution in [0.15, 0.2) is 39.8 Å². The average Bonchev–Trinajstić information content (AvgIpc) is 3.22. The number of hydrogen-bond acceptors (Lipinski definition) is 6. The molecule has 2 aliphatic heterocycles. The first-order chi connectivity index (χ1) is 11.6. The highest BCUT2D eigenvalue weighted by molar-refractivity contribution is 8.03. The molecular formula is C18H21NO4S. The van der Waals surface area contributed by atoms with Crippen molar-refractivity contribution in [1.29, 1.82) is 0 Å². The molecule has 5 nitrogen and oxygen atoms in total. The second-order valence-electron chi connectivity index (χ2n) is 6.28. The van der Waals surface area contributed by atoms with Gasteiger partial charge in [-0.05, 0) is 38.1 Å². The van der Waals surface area contributed by atoms with Crippen LogP contribution in [0.1, 0.15) is 12.7 Å². The maximum Gasteiger partial charge on any atom is 0.134 e. The third-order valence-electron chi connectivity index (χ3n) is 4.43. The molecule has 1 unspecified atom stereocenters. The van der Waals surface area contributed by atoms with E-state index in [1.54, 1.807) is 11.8 Å². The molecule has 0 aliphatic carbocycles. The predicted octanol–water partition coefficient (Wildman–Crippen LogP) is 3.12. The molecule has 0 saturated carbocycles. The fourth-order valence-electron chi connectivity index (χ4n) is 3.23. The highest BCUT2D eigenvalue weighted by Crippen LogP contribution is 2.36. The summed E-state index contributed by atoms with van der Waals surface area (Å²) in [4.78, 5) is 3.34.